The number of carbonyl (C=O) groups excluding carboxylic acids is 1. The van der Waals surface area contributed by atoms with Crippen molar-refractivity contribution in [3.05, 3.63) is 29.8 Å². The number of alkyl halides is 1. The molecule has 0 aromatic heterocycles. The smallest absolute Gasteiger partial charge is 0.237 e. The highest BCUT2D eigenvalue weighted by Crippen LogP contribution is 2.32. The second-order valence-corrected chi connectivity index (χ2v) is 11.2. The van der Waals surface area contributed by atoms with Gasteiger partial charge in [-0.25, -0.2) is 12.8 Å². The van der Waals surface area contributed by atoms with E-state index in [4.69, 9.17) is 4.74 Å². The molecular formula is C22H32FN3O4S. The number of methoxy groups -OCH3 is 1. The number of benzene rings is 1. The summed E-state index contributed by atoms with van der Waals surface area (Å²) in [5.41, 5.74) is 0.829. The van der Waals surface area contributed by atoms with Crippen molar-refractivity contribution >= 4 is 15.7 Å². The van der Waals surface area contributed by atoms with E-state index in [2.05, 4.69) is 16.0 Å². The zero-order valence-corrected chi connectivity index (χ0v) is 18.7. The molecule has 1 aliphatic carbocycles. The standard InChI is InChI=1S/C22H32FN3O4S/c1-30-21-7-6-17(11-18(21)23)31(28,29)16-4-2-14(3-5-16)12-25-22(27)20-10-15-13-24-9-8-19(15)26-20/h2-5,15,17-21,24,26H,6-13H2,1H3,(H,25,27). The Bertz CT molecular complexity index is 865. The van der Waals surface area contributed by atoms with Gasteiger partial charge in [0.1, 0.15) is 6.17 Å². The number of halogens is 1. The van der Waals surface area contributed by atoms with Crippen LogP contribution in [0.4, 0.5) is 4.39 Å². The molecule has 0 radical (unpaired) electrons. The number of carbonyl (C=O) groups is 1. The number of fused-ring (bicyclic) bond motifs is 1. The average molecular weight is 454 g/mol. The van der Waals surface area contributed by atoms with Crippen LogP contribution < -0.4 is 16.0 Å². The maximum Gasteiger partial charge on any atom is 0.237 e. The SMILES string of the molecule is COC1CCC(S(=O)(=O)c2ccc(CNC(=O)C3CC4CNCCC4N3)cc2)CC1F. The molecule has 31 heavy (non-hydrogen) atoms. The average Bonchev–Trinajstić information content (AvgIpc) is 3.22. The lowest BCUT2D eigenvalue weighted by Crippen LogP contribution is -2.45. The van der Waals surface area contributed by atoms with Crippen LogP contribution >= 0.6 is 0 Å². The number of hydrogen-bond donors (Lipinski definition) is 3. The van der Waals surface area contributed by atoms with Crippen LogP contribution in [0.15, 0.2) is 29.2 Å². The molecule has 4 rings (SSSR count). The van der Waals surface area contributed by atoms with Gasteiger partial charge in [0.2, 0.25) is 5.91 Å². The zero-order chi connectivity index (χ0) is 22.0. The quantitative estimate of drug-likeness (QED) is 0.601. The summed E-state index contributed by atoms with van der Waals surface area (Å²) in [6.45, 7) is 2.28. The van der Waals surface area contributed by atoms with Crippen molar-refractivity contribution < 1.29 is 22.3 Å². The Morgan fingerprint density at radius 2 is 1.97 bits per heavy atom. The molecule has 172 valence electrons. The summed E-state index contributed by atoms with van der Waals surface area (Å²) in [6, 6.07) is 6.77. The van der Waals surface area contributed by atoms with Gasteiger partial charge in [0.05, 0.1) is 22.3 Å². The first-order chi connectivity index (χ1) is 14.9. The summed E-state index contributed by atoms with van der Waals surface area (Å²) in [6.07, 6.45) is 0.847. The minimum atomic E-state index is -3.60. The molecule has 1 aromatic rings. The lowest BCUT2D eigenvalue weighted by atomic mass is 9.94. The molecule has 1 saturated carbocycles. The zero-order valence-electron chi connectivity index (χ0n) is 17.8. The molecule has 0 spiro atoms. The highest BCUT2D eigenvalue weighted by molar-refractivity contribution is 7.92. The first kappa shape index (κ1) is 22.6. The summed E-state index contributed by atoms with van der Waals surface area (Å²) in [5, 5.41) is 9.03. The third-order valence-electron chi connectivity index (χ3n) is 7.00. The number of amides is 1. The van der Waals surface area contributed by atoms with Crippen LogP contribution in [-0.4, -0.2) is 64.1 Å². The molecule has 0 bridgehead atoms. The highest BCUT2D eigenvalue weighted by atomic mass is 32.2. The van der Waals surface area contributed by atoms with E-state index < -0.39 is 27.4 Å². The molecule has 2 heterocycles. The summed E-state index contributed by atoms with van der Waals surface area (Å²) >= 11 is 0. The van der Waals surface area contributed by atoms with Crippen LogP contribution in [0.3, 0.4) is 0 Å². The summed E-state index contributed by atoms with van der Waals surface area (Å²) < 4.78 is 45.1. The maximum absolute atomic E-state index is 14.2. The first-order valence-electron chi connectivity index (χ1n) is 11.1. The van der Waals surface area contributed by atoms with Gasteiger partial charge in [-0.3, -0.25) is 4.79 Å². The normalized spacial score (nSPS) is 33.6. The van der Waals surface area contributed by atoms with E-state index in [9.17, 15) is 17.6 Å². The molecule has 3 N–H and O–H groups in total. The van der Waals surface area contributed by atoms with Crippen molar-refractivity contribution in [2.24, 2.45) is 5.92 Å². The predicted molar refractivity (Wildman–Crippen MR) is 115 cm³/mol. The molecule has 2 saturated heterocycles. The summed E-state index contributed by atoms with van der Waals surface area (Å²) in [5.74, 6) is 0.479. The molecule has 6 atom stereocenters. The van der Waals surface area contributed by atoms with E-state index in [1.807, 2.05) is 0 Å². The Morgan fingerprint density at radius 3 is 2.65 bits per heavy atom. The second-order valence-electron chi connectivity index (χ2n) is 8.95. The Morgan fingerprint density at radius 1 is 1.19 bits per heavy atom. The highest BCUT2D eigenvalue weighted by Gasteiger charge is 2.39. The third kappa shape index (κ3) is 4.94. The number of ether oxygens (including phenoxy) is 1. The fourth-order valence-corrected chi connectivity index (χ4v) is 6.89. The Hall–Kier alpha value is -1.55. The topological polar surface area (TPSA) is 96.5 Å². The van der Waals surface area contributed by atoms with Crippen molar-refractivity contribution in [3.8, 4) is 0 Å². The fourth-order valence-electron chi connectivity index (χ4n) is 5.10. The molecule has 7 nitrogen and oxygen atoms in total. The van der Waals surface area contributed by atoms with Gasteiger partial charge in [0.25, 0.3) is 0 Å². The van der Waals surface area contributed by atoms with Gasteiger partial charge in [0, 0.05) is 19.7 Å². The van der Waals surface area contributed by atoms with E-state index in [-0.39, 0.29) is 23.3 Å². The Labute approximate surface area is 183 Å². The minimum absolute atomic E-state index is 0.0185. The van der Waals surface area contributed by atoms with Gasteiger partial charge >= 0.3 is 0 Å². The number of hydrogen-bond acceptors (Lipinski definition) is 6. The number of piperidine rings is 1. The van der Waals surface area contributed by atoms with E-state index in [0.717, 1.165) is 31.5 Å². The number of sulfone groups is 1. The van der Waals surface area contributed by atoms with Crippen molar-refractivity contribution in [2.75, 3.05) is 20.2 Å². The van der Waals surface area contributed by atoms with Gasteiger partial charge in [-0.2, -0.15) is 0 Å². The Kier molecular flexibility index (Phi) is 6.95. The van der Waals surface area contributed by atoms with Crippen LogP contribution in [0.2, 0.25) is 0 Å². The van der Waals surface area contributed by atoms with Gasteiger partial charge in [-0.1, -0.05) is 12.1 Å². The van der Waals surface area contributed by atoms with E-state index in [0.29, 0.717) is 31.3 Å². The third-order valence-corrected chi connectivity index (χ3v) is 9.24. The molecule has 3 fully saturated rings. The van der Waals surface area contributed by atoms with E-state index >= 15 is 0 Å². The number of nitrogens with one attached hydrogen (secondary N) is 3. The van der Waals surface area contributed by atoms with Gasteiger partial charge < -0.3 is 20.7 Å². The first-order valence-corrected chi connectivity index (χ1v) is 12.7. The molecule has 3 aliphatic rings. The lowest BCUT2D eigenvalue weighted by Gasteiger charge is -2.30. The van der Waals surface area contributed by atoms with Gasteiger partial charge in [0.15, 0.2) is 9.84 Å². The molecule has 1 aromatic carbocycles. The van der Waals surface area contributed by atoms with Gasteiger partial charge in [-0.05, 0) is 68.8 Å². The van der Waals surface area contributed by atoms with Crippen LogP contribution in [-0.2, 0) is 25.9 Å². The lowest BCUT2D eigenvalue weighted by molar-refractivity contribution is -0.123. The molecule has 9 heteroatoms. The molecular weight excluding hydrogens is 421 g/mol. The monoisotopic (exact) mass is 453 g/mol. The summed E-state index contributed by atoms with van der Waals surface area (Å²) in [7, 11) is -2.14. The molecule has 1 amide bonds. The second kappa shape index (κ2) is 9.52. The van der Waals surface area contributed by atoms with E-state index in [1.54, 1.807) is 24.3 Å². The van der Waals surface area contributed by atoms with Crippen molar-refractivity contribution in [2.45, 2.75) is 73.2 Å². The molecule has 2 aliphatic heterocycles. The fraction of sp³-hybridized carbons (Fsp3) is 0.682. The van der Waals surface area contributed by atoms with Crippen LogP contribution in [0.5, 0.6) is 0 Å². The van der Waals surface area contributed by atoms with Crippen LogP contribution in [0, 0.1) is 5.92 Å². The van der Waals surface area contributed by atoms with Crippen molar-refractivity contribution in [1.29, 1.82) is 0 Å². The molecule has 6 unspecified atom stereocenters. The number of rotatable bonds is 6. The predicted octanol–water partition coefficient (Wildman–Crippen LogP) is 1.32. The van der Waals surface area contributed by atoms with E-state index in [1.165, 1.54) is 7.11 Å². The maximum atomic E-state index is 14.2. The summed E-state index contributed by atoms with van der Waals surface area (Å²) in [4.78, 5) is 12.7. The van der Waals surface area contributed by atoms with Crippen molar-refractivity contribution in [3.63, 3.8) is 0 Å². The van der Waals surface area contributed by atoms with Crippen molar-refractivity contribution in [1.82, 2.24) is 16.0 Å². The van der Waals surface area contributed by atoms with Gasteiger partial charge in [-0.15, -0.1) is 0 Å². The minimum Gasteiger partial charge on any atom is -0.378 e. The van der Waals surface area contributed by atoms with Crippen LogP contribution in [0.25, 0.3) is 0 Å². The Balaban J connectivity index is 1.31. The largest absolute Gasteiger partial charge is 0.378 e. The van der Waals surface area contributed by atoms with Crippen LogP contribution in [0.1, 0.15) is 37.7 Å².